The van der Waals surface area contributed by atoms with Gasteiger partial charge in [0.1, 0.15) is 0 Å². The van der Waals surface area contributed by atoms with Gasteiger partial charge in [0, 0.05) is 19.2 Å². The quantitative estimate of drug-likeness (QED) is 0.806. The molecule has 0 spiro atoms. The number of hydrogen-bond acceptors (Lipinski definition) is 3. The monoisotopic (exact) mass is 269 g/mol. The molecule has 0 aliphatic carbocycles. The van der Waals surface area contributed by atoms with E-state index in [0.717, 1.165) is 0 Å². The van der Waals surface area contributed by atoms with E-state index < -0.39 is 36.6 Å². The summed E-state index contributed by atoms with van der Waals surface area (Å²) in [5.74, 6) is -2.53. The predicted molar refractivity (Wildman–Crippen MR) is 57.5 cm³/mol. The van der Waals surface area contributed by atoms with Crippen LogP contribution in [0.5, 0.6) is 0 Å². The molecule has 1 rings (SSSR count). The Hall–Kier alpha value is -1.60. The van der Waals surface area contributed by atoms with Gasteiger partial charge in [-0.25, -0.2) is 13.8 Å². The van der Waals surface area contributed by atoms with E-state index in [1.165, 1.54) is 0 Å². The highest BCUT2D eigenvalue weighted by molar-refractivity contribution is 5.47. The minimum atomic E-state index is -4.34. The van der Waals surface area contributed by atoms with Gasteiger partial charge in [0.05, 0.1) is 6.42 Å². The molecule has 0 radical (unpaired) electrons. The third kappa shape index (κ3) is 4.34. The molecule has 1 aromatic rings. The molecule has 18 heavy (non-hydrogen) atoms. The fourth-order valence-corrected chi connectivity index (χ4v) is 1.20. The Morgan fingerprint density at radius 3 is 2.17 bits per heavy atom. The van der Waals surface area contributed by atoms with E-state index in [2.05, 4.69) is 15.6 Å². The molecule has 0 saturated carbocycles. The molecule has 0 amide bonds. The first-order valence-electron chi connectivity index (χ1n) is 5.24. The molecule has 0 bridgehead atoms. The molecular weight excluding hydrogens is 257 g/mol. The number of rotatable bonds is 5. The first-order chi connectivity index (χ1) is 8.33. The van der Waals surface area contributed by atoms with Crippen molar-refractivity contribution in [2.45, 2.75) is 19.5 Å². The van der Waals surface area contributed by atoms with E-state index in [-0.39, 0.29) is 5.82 Å². The standard InChI is InChI=1S/C10H12F5N3/c1-2-16-8-6(11)5-7(12)9(18-8)17-4-3-10(13,14)15/h5H,2-4H2,1H3,(H2,16,17,18). The van der Waals surface area contributed by atoms with E-state index in [0.29, 0.717) is 12.6 Å². The van der Waals surface area contributed by atoms with Crippen LogP contribution in [0, 0.1) is 11.6 Å². The van der Waals surface area contributed by atoms with Crippen LogP contribution in [0.3, 0.4) is 0 Å². The van der Waals surface area contributed by atoms with E-state index in [9.17, 15) is 22.0 Å². The highest BCUT2D eigenvalue weighted by Crippen LogP contribution is 2.21. The van der Waals surface area contributed by atoms with Crippen LogP contribution >= 0.6 is 0 Å². The average molecular weight is 269 g/mol. The molecule has 102 valence electrons. The maximum Gasteiger partial charge on any atom is 0.390 e. The second kappa shape index (κ2) is 5.83. The van der Waals surface area contributed by atoms with Crippen molar-refractivity contribution in [1.29, 1.82) is 0 Å². The van der Waals surface area contributed by atoms with Gasteiger partial charge in [0.25, 0.3) is 0 Å². The van der Waals surface area contributed by atoms with Gasteiger partial charge in [-0.05, 0) is 6.92 Å². The molecule has 1 aromatic heterocycles. The summed E-state index contributed by atoms with van der Waals surface area (Å²) in [6.45, 7) is 1.52. The number of anilines is 2. The molecule has 0 unspecified atom stereocenters. The lowest BCUT2D eigenvalue weighted by Gasteiger charge is -2.11. The van der Waals surface area contributed by atoms with Crippen molar-refractivity contribution < 1.29 is 22.0 Å². The summed E-state index contributed by atoms with van der Waals surface area (Å²) in [6, 6.07) is 0.570. The Balaban J connectivity index is 2.73. The summed E-state index contributed by atoms with van der Waals surface area (Å²) in [7, 11) is 0. The number of aromatic nitrogens is 1. The summed E-state index contributed by atoms with van der Waals surface area (Å²) in [6.07, 6.45) is -5.46. The van der Waals surface area contributed by atoms with Crippen LogP contribution in [0.15, 0.2) is 6.07 Å². The lowest BCUT2D eigenvalue weighted by atomic mass is 10.3. The van der Waals surface area contributed by atoms with Gasteiger partial charge in [0.2, 0.25) is 0 Å². The molecule has 2 N–H and O–H groups in total. The fraction of sp³-hybridized carbons (Fsp3) is 0.500. The normalized spacial score (nSPS) is 11.4. The summed E-state index contributed by atoms with van der Waals surface area (Å²) < 4.78 is 62.1. The zero-order valence-electron chi connectivity index (χ0n) is 9.54. The van der Waals surface area contributed by atoms with Crippen molar-refractivity contribution in [3.63, 3.8) is 0 Å². The summed E-state index contributed by atoms with van der Waals surface area (Å²) in [5, 5.41) is 4.72. The number of alkyl halides is 3. The Morgan fingerprint density at radius 1 is 1.11 bits per heavy atom. The number of pyridine rings is 1. The Morgan fingerprint density at radius 2 is 1.67 bits per heavy atom. The Labute approximate surface area is 100 Å². The van der Waals surface area contributed by atoms with E-state index in [1.54, 1.807) is 6.92 Å². The third-order valence-electron chi connectivity index (χ3n) is 1.97. The molecule has 0 fully saturated rings. The first-order valence-corrected chi connectivity index (χ1v) is 5.24. The van der Waals surface area contributed by atoms with Crippen LogP contribution < -0.4 is 10.6 Å². The summed E-state index contributed by atoms with van der Waals surface area (Å²) in [4.78, 5) is 3.54. The Kier molecular flexibility index (Phi) is 4.69. The topological polar surface area (TPSA) is 37.0 Å². The number of nitrogens with zero attached hydrogens (tertiary/aromatic N) is 1. The highest BCUT2D eigenvalue weighted by atomic mass is 19.4. The molecular formula is C10H12F5N3. The van der Waals surface area contributed by atoms with Crippen LogP contribution in [0.25, 0.3) is 0 Å². The van der Waals surface area contributed by atoms with Crippen LogP contribution in [-0.2, 0) is 0 Å². The van der Waals surface area contributed by atoms with Crippen LogP contribution in [0.1, 0.15) is 13.3 Å². The molecule has 0 aliphatic heterocycles. The molecule has 0 aromatic carbocycles. The SMILES string of the molecule is CCNc1nc(NCCC(F)(F)F)c(F)cc1F. The smallest absolute Gasteiger partial charge is 0.368 e. The first kappa shape index (κ1) is 14.5. The minimum absolute atomic E-state index is 0.201. The van der Waals surface area contributed by atoms with E-state index >= 15 is 0 Å². The van der Waals surface area contributed by atoms with Crippen molar-refractivity contribution in [3.05, 3.63) is 17.7 Å². The number of hydrogen-bond donors (Lipinski definition) is 2. The second-order valence-corrected chi connectivity index (χ2v) is 3.47. The fourth-order valence-electron chi connectivity index (χ4n) is 1.20. The van der Waals surface area contributed by atoms with E-state index in [4.69, 9.17) is 0 Å². The largest absolute Gasteiger partial charge is 0.390 e. The molecule has 0 saturated heterocycles. The molecule has 8 heteroatoms. The van der Waals surface area contributed by atoms with Gasteiger partial charge in [0.15, 0.2) is 23.3 Å². The third-order valence-corrected chi connectivity index (χ3v) is 1.97. The van der Waals surface area contributed by atoms with Gasteiger partial charge >= 0.3 is 6.18 Å². The number of halogens is 5. The average Bonchev–Trinajstić information content (AvgIpc) is 2.23. The zero-order chi connectivity index (χ0) is 13.8. The molecule has 1 heterocycles. The number of nitrogens with one attached hydrogen (secondary N) is 2. The highest BCUT2D eigenvalue weighted by Gasteiger charge is 2.26. The van der Waals surface area contributed by atoms with Gasteiger partial charge < -0.3 is 10.6 Å². The van der Waals surface area contributed by atoms with Crippen molar-refractivity contribution in [3.8, 4) is 0 Å². The van der Waals surface area contributed by atoms with E-state index in [1.807, 2.05) is 0 Å². The molecule has 3 nitrogen and oxygen atoms in total. The summed E-state index contributed by atoms with van der Waals surface area (Å²) >= 11 is 0. The Bertz CT molecular complexity index is 405. The van der Waals surface area contributed by atoms with Crippen molar-refractivity contribution in [2.75, 3.05) is 23.7 Å². The van der Waals surface area contributed by atoms with Gasteiger partial charge in [-0.2, -0.15) is 13.2 Å². The predicted octanol–water partition coefficient (Wildman–Crippen LogP) is 3.16. The summed E-state index contributed by atoms with van der Waals surface area (Å²) in [5.41, 5.74) is 0. The van der Waals surface area contributed by atoms with Gasteiger partial charge in [-0.3, -0.25) is 0 Å². The zero-order valence-corrected chi connectivity index (χ0v) is 9.54. The molecule has 0 atom stereocenters. The second-order valence-electron chi connectivity index (χ2n) is 3.47. The van der Waals surface area contributed by atoms with Crippen LogP contribution in [0.4, 0.5) is 33.6 Å². The van der Waals surface area contributed by atoms with Crippen molar-refractivity contribution >= 4 is 11.6 Å². The van der Waals surface area contributed by atoms with Crippen LogP contribution in [-0.4, -0.2) is 24.2 Å². The maximum atomic E-state index is 13.2. The molecule has 0 aliphatic rings. The van der Waals surface area contributed by atoms with Crippen molar-refractivity contribution in [1.82, 2.24) is 4.98 Å². The lowest BCUT2D eigenvalue weighted by molar-refractivity contribution is -0.131. The van der Waals surface area contributed by atoms with Crippen molar-refractivity contribution in [2.24, 2.45) is 0 Å². The van der Waals surface area contributed by atoms with Gasteiger partial charge in [-0.15, -0.1) is 0 Å². The maximum absolute atomic E-state index is 13.2. The van der Waals surface area contributed by atoms with Crippen LogP contribution in [0.2, 0.25) is 0 Å². The lowest BCUT2D eigenvalue weighted by Crippen LogP contribution is -2.16. The minimum Gasteiger partial charge on any atom is -0.368 e. The van der Waals surface area contributed by atoms with Gasteiger partial charge in [-0.1, -0.05) is 0 Å².